The molecular weight excluding hydrogens is 446 g/mol. The molecule has 1 aliphatic rings. The van der Waals surface area contributed by atoms with Crippen molar-refractivity contribution in [1.29, 1.82) is 0 Å². The van der Waals surface area contributed by atoms with Crippen molar-refractivity contribution in [2.75, 3.05) is 24.7 Å². The summed E-state index contributed by atoms with van der Waals surface area (Å²) in [6.45, 7) is 10.7. The molecule has 1 N–H and O–H groups in total. The first-order valence-electron chi connectivity index (χ1n) is 10.7. The van der Waals surface area contributed by atoms with Crippen molar-refractivity contribution in [2.45, 2.75) is 64.4 Å². The quantitative estimate of drug-likeness (QED) is 0.521. The van der Waals surface area contributed by atoms with Gasteiger partial charge in [-0.2, -0.15) is 4.98 Å². The first kappa shape index (κ1) is 23.1. The molecule has 0 aromatic carbocycles. The number of rotatable bonds is 7. The van der Waals surface area contributed by atoms with Crippen LogP contribution in [-0.4, -0.2) is 66.9 Å². The zero-order valence-electron chi connectivity index (χ0n) is 19.1. The highest BCUT2D eigenvalue weighted by Gasteiger charge is 2.23. The van der Waals surface area contributed by atoms with E-state index in [1.54, 1.807) is 4.52 Å². The van der Waals surface area contributed by atoms with Gasteiger partial charge in [0.15, 0.2) is 5.13 Å². The van der Waals surface area contributed by atoms with Crippen LogP contribution in [0.4, 0.5) is 5.13 Å². The number of fused-ring (bicyclic) bond motifs is 1. The standard InChI is InChI=1S/C21H29N7O2S2/c1-12-8-27(9-13(2)30-12)10-16-11-32-20(23-16)24-18(29)7-6-17-14(3)22-19-25-21(31-5)26-28(19)15(17)4/h11-13H,6-10H2,1-5H3,(H,23,24,29)/t12-,13-/m1/s1. The van der Waals surface area contributed by atoms with Crippen LogP contribution < -0.4 is 5.32 Å². The zero-order valence-corrected chi connectivity index (χ0v) is 20.7. The lowest BCUT2D eigenvalue weighted by molar-refractivity contribution is -0.116. The van der Waals surface area contributed by atoms with Crippen LogP contribution in [-0.2, 0) is 22.5 Å². The number of carbonyl (C=O) groups excluding carboxylic acids is 1. The number of amides is 1. The van der Waals surface area contributed by atoms with Gasteiger partial charge in [-0.3, -0.25) is 9.69 Å². The van der Waals surface area contributed by atoms with Gasteiger partial charge in [-0.15, -0.1) is 16.4 Å². The van der Waals surface area contributed by atoms with Crippen molar-refractivity contribution in [2.24, 2.45) is 0 Å². The molecule has 9 nitrogen and oxygen atoms in total. The Hall–Kier alpha value is -2.08. The number of carbonyl (C=O) groups is 1. The molecule has 3 aromatic heterocycles. The van der Waals surface area contributed by atoms with Gasteiger partial charge in [0, 0.05) is 42.8 Å². The lowest BCUT2D eigenvalue weighted by Gasteiger charge is -2.34. The van der Waals surface area contributed by atoms with Gasteiger partial charge in [0.05, 0.1) is 17.9 Å². The maximum Gasteiger partial charge on any atom is 0.253 e. The fraction of sp³-hybridized carbons (Fsp3) is 0.571. The van der Waals surface area contributed by atoms with Crippen molar-refractivity contribution in [3.63, 3.8) is 0 Å². The fourth-order valence-corrected chi connectivity index (χ4v) is 5.19. The molecule has 0 saturated carbocycles. The van der Waals surface area contributed by atoms with Crippen molar-refractivity contribution in [3.8, 4) is 0 Å². The Labute approximate surface area is 196 Å². The van der Waals surface area contributed by atoms with E-state index in [0.717, 1.165) is 42.3 Å². The topological polar surface area (TPSA) is 97.5 Å². The second-order valence-corrected chi connectivity index (χ2v) is 9.85. The number of aromatic nitrogens is 5. The first-order chi connectivity index (χ1) is 15.3. The van der Waals surface area contributed by atoms with Gasteiger partial charge in [-0.25, -0.2) is 14.5 Å². The van der Waals surface area contributed by atoms with Gasteiger partial charge in [0.1, 0.15) is 0 Å². The average Bonchev–Trinajstić information content (AvgIpc) is 3.33. The summed E-state index contributed by atoms with van der Waals surface area (Å²) in [7, 11) is 0. The highest BCUT2D eigenvalue weighted by molar-refractivity contribution is 7.98. The Bertz CT molecular complexity index is 1100. The van der Waals surface area contributed by atoms with Crippen LogP contribution in [0.2, 0.25) is 0 Å². The molecule has 2 atom stereocenters. The Morgan fingerprint density at radius 2 is 2.00 bits per heavy atom. The molecule has 0 spiro atoms. The molecule has 4 heterocycles. The molecule has 1 amide bonds. The molecular formula is C21H29N7O2S2. The van der Waals surface area contributed by atoms with Crippen LogP contribution in [0.5, 0.6) is 0 Å². The molecule has 4 rings (SSSR count). The summed E-state index contributed by atoms with van der Waals surface area (Å²) in [6.07, 6.45) is 3.33. The summed E-state index contributed by atoms with van der Waals surface area (Å²) in [5.41, 5.74) is 3.86. The van der Waals surface area contributed by atoms with Crippen molar-refractivity contribution in [1.82, 2.24) is 29.5 Å². The molecule has 1 aliphatic heterocycles. The average molecular weight is 476 g/mol. The Balaban J connectivity index is 1.35. The number of thiazole rings is 1. The number of hydrogen-bond donors (Lipinski definition) is 1. The van der Waals surface area contributed by atoms with Gasteiger partial charge >= 0.3 is 0 Å². The predicted molar refractivity (Wildman–Crippen MR) is 126 cm³/mol. The number of nitrogens with one attached hydrogen (secondary N) is 1. The van der Waals surface area contributed by atoms with Crippen LogP contribution in [0.15, 0.2) is 10.5 Å². The van der Waals surface area contributed by atoms with E-state index in [-0.39, 0.29) is 18.1 Å². The summed E-state index contributed by atoms with van der Waals surface area (Å²) >= 11 is 2.95. The minimum Gasteiger partial charge on any atom is -0.373 e. The Kier molecular flexibility index (Phi) is 7.08. The molecule has 11 heteroatoms. The third kappa shape index (κ3) is 5.28. The highest BCUT2D eigenvalue weighted by Crippen LogP contribution is 2.21. The van der Waals surface area contributed by atoms with E-state index < -0.39 is 0 Å². The summed E-state index contributed by atoms with van der Waals surface area (Å²) in [5, 5.41) is 10.8. The Morgan fingerprint density at radius 1 is 1.25 bits per heavy atom. The molecule has 172 valence electrons. The molecule has 0 radical (unpaired) electrons. The lowest BCUT2D eigenvalue weighted by Crippen LogP contribution is -2.44. The van der Waals surface area contributed by atoms with Gasteiger partial charge in [-0.05, 0) is 45.9 Å². The third-order valence-electron chi connectivity index (χ3n) is 5.49. The van der Waals surface area contributed by atoms with Crippen LogP contribution in [0.25, 0.3) is 5.78 Å². The van der Waals surface area contributed by atoms with Crippen LogP contribution in [0.1, 0.15) is 42.9 Å². The number of aryl methyl sites for hydroxylation is 2. The maximum atomic E-state index is 12.6. The number of ether oxygens (including phenoxy) is 1. The van der Waals surface area contributed by atoms with E-state index in [1.807, 2.05) is 25.5 Å². The van der Waals surface area contributed by atoms with E-state index in [9.17, 15) is 4.79 Å². The third-order valence-corrected chi connectivity index (χ3v) is 6.84. The van der Waals surface area contributed by atoms with E-state index in [2.05, 4.69) is 44.1 Å². The molecule has 1 fully saturated rings. The number of thioether (sulfide) groups is 1. The number of anilines is 1. The van der Waals surface area contributed by atoms with Crippen LogP contribution in [0, 0.1) is 13.8 Å². The van der Waals surface area contributed by atoms with Gasteiger partial charge < -0.3 is 10.1 Å². The Morgan fingerprint density at radius 3 is 2.72 bits per heavy atom. The van der Waals surface area contributed by atoms with Crippen molar-refractivity contribution < 1.29 is 9.53 Å². The summed E-state index contributed by atoms with van der Waals surface area (Å²) in [6, 6.07) is 0. The largest absolute Gasteiger partial charge is 0.373 e. The van der Waals surface area contributed by atoms with Gasteiger partial charge in [-0.1, -0.05) is 11.8 Å². The van der Waals surface area contributed by atoms with E-state index in [1.165, 1.54) is 23.1 Å². The number of hydrogen-bond acceptors (Lipinski definition) is 9. The van der Waals surface area contributed by atoms with Crippen LogP contribution >= 0.6 is 23.1 Å². The van der Waals surface area contributed by atoms with E-state index in [0.29, 0.717) is 28.9 Å². The maximum absolute atomic E-state index is 12.6. The predicted octanol–water partition coefficient (Wildman–Crippen LogP) is 3.10. The number of nitrogens with zero attached hydrogens (tertiary/aromatic N) is 6. The molecule has 32 heavy (non-hydrogen) atoms. The van der Waals surface area contributed by atoms with Gasteiger partial charge in [0.2, 0.25) is 11.1 Å². The monoisotopic (exact) mass is 475 g/mol. The van der Waals surface area contributed by atoms with Crippen molar-refractivity contribution >= 4 is 39.9 Å². The second-order valence-electron chi connectivity index (χ2n) is 8.22. The molecule has 0 aliphatic carbocycles. The van der Waals surface area contributed by atoms with E-state index in [4.69, 9.17) is 4.74 Å². The van der Waals surface area contributed by atoms with Crippen LogP contribution in [0.3, 0.4) is 0 Å². The first-order valence-corrected chi connectivity index (χ1v) is 12.8. The minimum absolute atomic E-state index is 0.0539. The SMILES string of the molecule is CSc1nc2nc(C)c(CCC(=O)Nc3nc(CN4C[C@@H](C)O[C@H](C)C4)cs3)c(C)n2n1. The normalized spacial score (nSPS) is 19.5. The van der Waals surface area contributed by atoms with Gasteiger partial charge in [0.25, 0.3) is 5.78 Å². The fourth-order valence-electron chi connectivity index (χ4n) is 4.14. The molecule has 0 bridgehead atoms. The summed E-state index contributed by atoms with van der Waals surface area (Å²) in [5.74, 6) is 0.540. The second kappa shape index (κ2) is 9.82. The number of morpholine rings is 1. The highest BCUT2D eigenvalue weighted by atomic mass is 32.2. The van der Waals surface area contributed by atoms with E-state index >= 15 is 0 Å². The molecule has 1 saturated heterocycles. The summed E-state index contributed by atoms with van der Waals surface area (Å²) in [4.78, 5) is 28.5. The minimum atomic E-state index is -0.0539. The smallest absolute Gasteiger partial charge is 0.253 e. The van der Waals surface area contributed by atoms with Crippen molar-refractivity contribution in [3.05, 3.63) is 28.0 Å². The lowest BCUT2D eigenvalue weighted by atomic mass is 10.1. The zero-order chi connectivity index (χ0) is 22.8. The molecule has 3 aromatic rings. The summed E-state index contributed by atoms with van der Waals surface area (Å²) < 4.78 is 7.55. The molecule has 0 unspecified atom stereocenters.